The second-order valence-corrected chi connectivity index (χ2v) is 39.0. The number of nitrogens with zero attached hydrogens (tertiary/aromatic N) is 7. The molecule has 0 unspecified atom stereocenters. The highest BCUT2D eigenvalue weighted by Gasteiger charge is 2.47. The molecule has 0 amide bonds. The lowest BCUT2D eigenvalue weighted by Gasteiger charge is -2.45. The fraction of sp³-hybridized carbons (Fsp3) is 0.171. The number of hydrogen-bond acceptors (Lipinski definition) is 3. The van der Waals surface area contributed by atoms with Gasteiger partial charge < -0.3 is 28.1 Å². The lowest BCUT2D eigenvalue weighted by atomic mass is 9.33. The second-order valence-electron chi connectivity index (χ2n) is 39.0. The molecule has 0 saturated heterocycles. The van der Waals surface area contributed by atoms with Crippen LogP contribution >= 0.6 is 0 Å². The van der Waals surface area contributed by atoms with E-state index in [-0.39, 0.29) is 71.0 Å². The van der Waals surface area contributed by atoms with Crippen LogP contribution in [0.3, 0.4) is 0 Å². The number of fused-ring (bicyclic) bond motifs is 16. The third kappa shape index (κ3) is 12.2. The summed E-state index contributed by atoms with van der Waals surface area (Å²) >= 11 is 0. The van der Waals surface area contributed by atoms with Gasteiger partial charge in [0.2, 0.25) is 0 Å². The summed E-state index contributed by atoms with van der Waals surface area (Å²) in [7, 11) is 0. The Hall–Kier alpha value is -14.1. The van der Waals surface area contributed by atoms with E-state index in [0.717, 1.165) is 105 Å². The maximum Gasteiger partial charge on any atom is 0.252 e. The van der Waals surface area contributed by atoms with Crippen LogP contribution in [0.1, 0.15) is 158 Å². The minimum Gasteiger partial charge on any atom is -0.310 e. The third-order valence-electron chi connectivity index (χ3n) is 26.0. The van der Waals surface area contributed by atoms with Crippen molar-refractivity contribution in [3.8, 4) is 62.2 Å². The molecule has 20 aromatic rings. The molecule has 7 nitrogen and oxygen atoms in total. The van der Waals surface area contributed by atoms with Crippen molar-refractivity contribution in [2.75, 3.05) is 9.80 Å². The maximum absolute atomic E-state index is 10.8. The number of anilines is 6. The van der Waals surface area contributed by atoms with Crippen molar-refractivity contribution in [3.05, 3.63) is 367 Å². The molecule has 0 atom stereocenters. The molecule has 125 heavy (non-hydrogen) atoms. The molecule has 0 spiro atoms. The molecular formula is C117H100BN7. The largest absolute Gasteiger partial charge is 0.310 e. The molecule has 8 heteroatoms. The Labute approximate surface area is 754 Å². The minimum absolute atomic E-state index is 0.0766. The zero-order valence-electron chi connectivity index (χ0n) is 87.8. The average Bonchev–Trinajstić information content (AvgIpc) is 1.23. The predicted octanol–water partition coefficient (Wildman–Crippen LogP) is 29.5. The molecule has 0 saturated carbocycles. The molecule has 0 radical (unpaired) electrons. The third-order valence-corrected chi connectivity index (χ3v) is 26.0. The lowest BCUT2D eigenvalue weighted by Crippen LogP contribution is -2.61. The highest BCUT2D eigenvalue weighted by Crippen LogP contribution is 2.56. The van der Waals surface area contributed by atoms with Crippen molar-refractivity contribution in [1.82, 2.24) is 18.3 Å². The molecule has 606 valence electrons. The number of aromatic nitrogens is 4. The summed E-state index contributed by atoms with van der Waals surface area (Å²) in [5.74, 6) is 0. The van der Waals surface area contributed by atoms with Crippen LogP contribution in [0.15, 0.2) is 333 Å². The molecule has 0 aliphatic carbocycles. The van der Waals surface area contributed by atoms with Crippen molar-refractivity contribution >= 4 is 144 Å². The normalized spacial score (nSPS) is 14.9. The van der Waals surface area contributed by atoms with Gasteiger partial charge in [0.05, 0.1) is 99.1 Å². The fourth-order valence-electron chi connectivity index (χ4n) is 19.6. The number of benzene rings is 16. The molecule has 0 bridgehead atoms. The topological polar surface area (TPSA) is 50.0 Å². The Morgan fingerprint density at radius 3 is 1.26 bits per heavy atom. The van der Waals surface area contributed by atoms with Crippen molar-refractivity contribution in [2.45, 2.75) is 131 Å². The van der Waals surface area contributed by atoms with E-state index in [1.807, 2.05) is 84.9 Å². The zero-order chi connectivity index (χ0) is 98.9. The number of hydrogen-bond donors (Lipinski definition) is 0. The molecule has 2 aliphatic rings. The molecule has 22 rings (SSSR count). The molecule has 16 aromatic carbocycles. The first-order valence-electron chi connectivity index (χ1n) is 50.6. The van der Waals surface area contributed by atoms with Crippen LogP contribution in [0.5, 0.6) is 0 Å². The van der Waals surface area contributed by atoms with Crippen LogP contribution in [-0.4, -0.2) is 25.0 Å². The van der Waals surface area contributed by atoms with Crippen molar-refractivity contribution in [1.29, 1.82) is 5.26 Å². The van der Waals surface area contributed by atoms with Gasteiger partial charge in [-0.3, -0.25) is 0 Å². The first-order valence-corrected chi connectivity index (χ1v) is 43.1. The Morgan fingerprint density at radius 2 is 0.728 bits per heavy atom. The summed E-state index contributed by atoms with van der Waals surface area (Å²) in [6.45, 7) is 32.8. The Balaban J connectivity index is 0.978. The highest BCUT2D eigenvalue weighted by atomic mass is 15.2. The van der Waals surface area contributed by atoms with Gasteiger partial charge in [-0.05, 0) is 221 Å². The van der Waals surface area contributed by atoms with Crippen LogP contribution in [0.25, 0.3) is 143 Å². The molecule has 0 fully saturated rings. The summed E-state index contributed by atoms with van der Waals surface area (Å²) in [5, 5.41) is 13.9. The van der Waals surface area contributed by atoms with Gasteiger partial charge in [0.15, 0.2) is 0 Å². The van der Waals surface area contributed by atoms with Crippen LogP contribution in [0.4, 0.5) is 34.1 Å². The van der Waals surface area contributed by atoms with Gasteiger partial charge >= 0.3 is 0 Å². The maximum atomic E-state index is 10.8. The summed E-state index contributed by atoms with van der Waals surface area (Å²) < 4.78 is 155. The minimum atomic E-state index is -0.720. The quantitative estimate of drug-likeness (QED) is 0.135. The Kier molecular flexibility index (Phi) is 13.9. The molecule has 6 heterocycles. The van der Waals surface area contributed by atoms with Gasteiger partial charge in [-0.1, -0.05) is 310 Å². The van der Waals surface area contributed by atoms with E-state index in [0.29, 0.717) is 55.9 Å². The van der Waals surface area contributed by atoms with Crippen molar-refractivity contribution < 1.29 is 20.6 Å². The van der Waals surface area contributed by atoms with Gasteiger partial charge in [0.25, 0.3) is 6.71 Å². The number of para-hydroxylation sites is 6. The van der Waals surface area contributed by atoms with Gasteiger partial charge in [0, 0.05) is 88.3 Å². The van der Waals surface area contributed by atoms with Gasteiger partial charge in [-0.15, -0.1) is 0 Å². The molecule has 0 N–H and O–H groups in total. The van der Waals surface area contributed by atoms with E-state index in [4.69, 9.17) is 0 Å². The van der Waals surface area contributed by atoms with E-state index in [1.54, 1.807) is 9.13 Å². The smallest absolute Gasteiger partial charge is 0.252 e. The van der Waals surface area contributed by atoms with Crippen LogP contribution in [-0.2, 0) is 27.1 Å². The fourth-order valence-corrected chi connectivity index (χ4v) is 19.6. The van der Waals surface area contributed by atoms with Crippen LogP contribution in [0, 0.1) is 11.3 Å². The lowest BCUT2D eigenvalue weighted by molar-refractivity contribution is 0.569. The summed E-state index contributed by atoms with van der Waals surface area (Å²) in [6.07, 6.45) is 0. The Morgan fingerprint density at radius 1 is 0.280 bits per heavy atom. The second kappa shape index (κ2) is 27.9. The van der Waals surface area contributed by atoms with Crippen LogP contribution in [0.2, 0.25) is 0 Å². The number of rotatable bonds is 9. The molecule has 4 aromatic heterocycles. The first-order chi connectivity index (χ1) is 66.4. The Bertz CT molecular complexity index is 8680. The van der Waals surface area contributed by atoms with Gasteiger partial charge in [0.1, 0.15) is 0 Å². The van der Waals surface area contributed by atoms with Gasteiger partial charge in [-0.25, -0.2) is 0 Å². The molecule has 2 aliphatic heterocycles. The van der Waals surface area contributed by atoms with E-state index >= 15 is 0 Å². The van der Waals surface area contributed by atoms with Crippen molar-refractivity contribution in [3.63, 3.8) is 0 Å². The van der Waals surface area contributed by atoms with E-state index in [2.05, 4.69) is 287 Å². The SMILES string of the molecule is [2H]c1c([2H])c([2H])c2c(c1[2H])c1c([2H])c([2H])c([2H])c([2H])c1n2-c1cc2c3c(c1)N(c1cccc4c5cccc(-n6c7c([2H])c([2H])c([2H])c([2H])c7c7c([2H])c(C#N)c([2H])c([2H])c76)c5n(-c5ccccc5)c14)c1cc(-c4cc(C(C)(C)C)cc(C(C)(C)C)c4)ccc1B3c1ccc(-n3c4ccc(C(C)(C)C)cc4c4cc(C(C)(C)C)ccc43)cc1N2c1c(-c2ccccc2)cc(C(C)(C)C)cc1-c1ccccc1. The average molecular weight is 1630 g/mol. The van der Waals surface area contributed by atoms with Gasteiger partial charge in [-0.2, -0.15) is 5.26 Å². The van der Waals surface area contributed by atoms with Crippen LogP contribution < -0.4 is 26.2 Å². The van der Waals surface area contributed by atoms with Crippen molar-refractivity contribution in [2.24, 2.45) is 0 Å². The molecular weight excluding hydrogens is 1510 g/mol. The monoisotopic (exact) mass is 1630 g/mol. The predicted molar refractivity (Wildman–Crippen MR) is 532 cm³/mol. The summed E-state index contributed by atoms with van der Waals surface area (Å²) in [6, 6.07) is 79.5. The summed E-state index contributed by atoms with van der Waals surface area (Å²) in [4.78, 5) is 4.70. The highest BCUT2D eigenvalue weighted by molar-refractivity contribution is 7.00. The standard InChI is InChI=1S/C117H100BN7/c1-113(2,3)77-51-57-100-93(64-77)94-65-78(114(4,5)6)52-58-101(94)120(100)83-53-55-96-106(68-83)125(110-90(73-33-19-16-20-34-73)66-81(117(13,14)15)67-91(110)74-35-21-17-22-36-74)108-70-84(121-97-44-28-25-39-85(97)86-40-26-29-45-98(86)121)69-107-109(108)118(96)95-54-50-75(76-60-79(115(7,8)9)63-80(61-76)116(10,11)12)62-105(95)124(107)104-48-32-43-89-88-42-31-47-103(111(88)122(112(89)104)82-37-23-18-24-38-82)123-99-46-30-27-41-87(99)92-59-72(71-119)49-56-102(92)123/h16-70H,1-15H3/i25D,26D,27D,28D,29D,30D,39D,40D,41D,44D,45D,46D,49D,56D,59D. The summed E-state index contributed by atoms with van der Waals surface area (Å²) in [5.41, 5.74) is 20.3. The zero-order valence-corrected chi connectivity index (χ0v) is 72.8. The van der Waals surface area contributed by atoms with E-state index < -0.39 is 108 Å². The number of nitriles is 1. The first kappa shape index (κ1) is 62.0. The van der Waals surface area contributed by atoms with E-state index in [1.165, 1.54) is 11.1 Å². The van der Waals surface area contributed by atoms with E-state index in [9.17, 15) is 25.8 Å².